The van der Waals surface area contributed by atoms with Gasteiger partial charge in [0.1, 0.15) is 12.2 Å². The molecular formula is C20H28O5. The summed E-state index contributed by atoms with van der Waals surface area (Å²) in [6.45, 7) is 7.43. The Morgan fingerprint density at radius 2 is 1.76 bits per heavy atom. The summed E-state index contributed by atoms with van der Waals surface area (Å²) in [4.78, 5) is 24.3. The summed E-state index contributed by atoms with van der Waals surface area (Å²) in [6, 6.07) is 10.1. The maximum absolute atomic E-state index is 12.1. The number of aliphatic hydroxyl groups is 1. The van der Waals surface area contributed by atoms with Crippen molar-refractivity contribution in [3.63, 3.8) is 0 Å². The first-order chi connectivity index (χ1) is 11.8. The smallest absolute Gasteiger partial charge is 0.345 e. The standard InChI is InChI=1S/C20H28O5/c1-5-24-18(22)17(19(23)25-12-11-21)14-20(3,4)13-15(2)16-9-7-6-8-10-16/h6-10,14-15,21H,5,11-13H2,1-4H3/b17-14-. The third kappa shape index (κ3) is 7.10. The molecule has 5 nitrogen and oxygen atoms in total. The van der Waals surface area contributed by atoms with Crippen molar-refractivity contribution in [2.24, 2.45) is 5.41 Å². The van der Waals surface area contributed by atoms with Crippen LogP contribution in [0.25, 0.3) is 0 Å². The van der Waals surface area contributed by atoms with Crippen molar-refractivity contribution in [2.45, 2.75) is 40.0 Å². The van der Waals surface area contributed by atoms with E-state index in [9.17, 15) is 9.59 Å². The first-order valence-corrected chi connectivity index (χ1v) is 8.53. The molecule has 1 rings (SSSR count). The second-order valence-electron chi connectivity index (χ2n) is 6.64. The fourth-order valence-electron chi connectivity index (χ4n) is 2.76. The molecule has 0 saturated carbocycles. The molecule has 138 valence electrons. The maximum Gasteiger partial charge on any atom is 0.345 e. The minimum absolute atomic E-state index is 0.124. The van der Waals surface area contributed by atoms with E-state index in [1.165, 1.54) is 5.56 Å². The van der Waals surface area contributed by atoms with Crippen LogP contribution in [0.5, 0.6) is 0 Å². The molecule has 0 bridgehead atoms. The van der Waals surface area contributed by atoms with Gasteiger partial charge in [-0.05, 0) is 30.2 Å². The molecule has 0 saturated heterocycles. The van der Waals surface area contributed by atoms with Gasteiger partial charge < -0.3 is 14.6 Å². The minimum atomic E-state index is -0.770. The Balaban J connectivity index is 2.98. The summed E-state index contributed by atoms with van der Waals surface area (Å²) in [5.41, 5.74) is 0.653. The molecular weight excluding hydrogens is 320 g/mol. The van der Waals surface area contributed by atoms with Crippen molar-refractivity contribution in [3.8, 4) is 0 Å². The van der Waals surface area contributed by atoms with Crippen LogP contribution in [0.2, 0.25) is 0 Å². The van der Waals surface area contributed by atoms with E-state index in [4.69, 9.17) is 14.6 Å². The van der Waals surface area contributed by atoms with Gasteiger partial charge in [-0.15, -0.1) is 0 Å². The molecule has 5 heteroatoms. The number of carbonyl (C=O) groups excluding carboxylic acids is 2. The van der Waals surface area contributed by atoms with Crippen molar-refractivity contribution >= 4 is 11.9 Å². The molecule has 0 aliphatic carbocycles. The largest absolute Gasteiger partial charge is 0.462 e. The molecule has 1 aromatic rings. The molecule has 0 spiro atoms. The third-order valence-electron chi connectivity index (χ3n) is 3.78. The van der Waals surface area contributed by atoms with Crippen LogP contribution in [-0.2, 0) is 19.1 Å². The zero-order chi connectivity index (χ0) is 18.9. The quantitative estimate of drug-likeness (QED) is 0.321. The Labute approximate surface area is 149 Å². The molecule has 0 fully saturated rings. The second kappa shape index (κ2) is 9.99. The number of hydrogen-bond acceptors (Lipinski definition) is 5. The highest BCUT2D eigenvalue weighted by Crippen LogP contribution is 2.33. The van der Waals surface area contributed by atoms with Crippen LogP contribution in [0, 0.1) is 5.41 Å². The van der Waals surface area contributed by atoms with Crippen LogP contribution in [-0.4, -0.2) is 36.9 Å². The fourth-order valence-corrected chi connectivity index (χ4v) is 2.76. The summed E-state index contributed by atoms with van der Waals surface area (Å²) in [6.07, 6.45) is 2.36. The van der Waals surface area contributed by atoms with Gasteiger partial charge in [-0.25, -0.2) is 9.59 Å². The van der Waals surface area contributed by atoms with Crippen molar-refractivity contribution in [1.29, 1.82) is 0 Å². The van der Waals surface area contributed by atoms with Crippen molar-refractivity contribution < 1.29 is 24.2 Å². The van der Waals surface area contributed by atoms with Crippen LogP contribution in [0.4, 0.5) is 0 Å². The highest BCUT2D eigenvalue weighted by molar-refractivity contribution is 6.14. The fraction of sp³-hybridized carbons (Fsp3) is 0.500. The van der Waals surface area contributed by atoms with Gasteiger partial charge in [0.25, 0.3) is 0 Å². The zero-order valence-electron chi connectivity index (χ0n) is 15.5. The lowest BCUT2D eigenvalue weighted by Crippen LogP contribution is -2.23. The Morgan fingerprint density at radius 3 is 2.32 bits per heavy atom. The van der Waals surface area contributed by atoms with E-state index in [2.05, 4.69) is 19.1 Å². The third-order valence-corrected chi connectivity index (χ3v) is 3.78. The summed E-state index contributed by atoms with van der Waals surface area (Å²) in [5.74, 6) is -1.22. The Morgan fingerprint density at radius 1 is 1.16 bits per heavy atom. The number of allylic oxidation sites excluding steroid dienone is 1. The van der Waals surface area contributed by atoms with E-state index in [1.807, 2.05) is 32.0 Å². The predicted octanol–water partition coefficient (Wildman–Crippen LogP) is 3.23. The second-order valence-corrected chi connectivity index (χ2v) is 6.64. The molecule has 1 aromatic carbocycles. The number of benzene rings is 1. The van der Waals surface area contributed by atoms with Gasteiger partial charge in [0.2, 0.25) is 0 Å². The van der Waals surface area contributed by atoms with Crippen LogP contribution in [0.15, 0.2) is 42.0 Å². The van der Waals surface area contributed by atoms with Gasteiger partial charge in [0.15, 0.2) is 0 Å². The Hall–Kier alpha value is -2.14. The van der Waals surface area contributed by atoms with Crippen molar-refractivity contribution in [3.05, 3.63) is 47.5 Å². The van der Waals surface area contributed by atoms with Crippen LogP contribution in [0.1, 0.15) is 45.6 Å². The molecule has 0 heterocycles. The number of esters is 2. The summed E-state index contributed by atoms with van der Waals surface area (Å²) >= 11 is 0. The molecule has 1 N–H and O–H groups in total. The first-order valence-electron chi connectivity index (χ1n) is 8.53. The van der Waals surface area contributed by atoms with Gasteiger partial charge in [0.05, 0.1) is 13.2 Å². The van der Waals surface area contributed by atoms with E-state index in [-0.39, 0.29) is 31.3 Å². The molecule has 25 heavy (non-hydrogen) atoms. The van der Waals surface area contributed by atoms with Crippen molar-refractivity contribution in [2.75, 3.05) is 19.8 Å². The van der Waals surface area contributed by atoms with Gasteiger partial charge in [-0.1, -0.05) is 57.2 Å². The Kier molecular flexibility index (Phi) is 8.35. The monoisotopic (exact) mass is 348 g/mol. The number of carbonyl (C=O) groups is 2. The van der Waals surface area contributed by atoms with Crippen molar-refractivity contribution in [1.82, 2.24) is 0 Å². The van der Waals surface area contributed by atoms with Gasteiger partial charge in [-0.3, -0.25) is 0 Å². The number of ether oxygens (including phenoxy) is 2. The van der Waals surface area contributed by atoms with Gasteiger partial charge >= 0.3 is 11.9 Å². The van der Waals surface area contributed by atoms with Crippen LogP contribution < -0.4 is 0 Å². The molecule has 0 aliphatic heterocycles. The lowest BCUT2D eigenvalue weighted by molar-refractivity contribution is -0.147. The van der Waals surface area contributed by atoms with Gasteiger partial charge in [0, 0.05) is 0 Å². The minimum Gasteiger partial charge on any atom is -0.462 e. The highest BCUT2D eigenvalue weighted by atomic mass is 16.6. The maximum atomic E-state index is 12.1. The zero-order valence-corrected chi connectivity index (χ0v) is 15.5. The molecule has 0 aliphatic rings. The molecule has 1 unspecified atom stereocenters. The topological polar surface area (TPSA) is 72.8 Å². The number of rotatable bonds is 9. The lowest BCUT2D eigenvalue weighted by atomic mass is 9.79. The molecule has 0 amide bonds. The average Bonchev–Trinajstić information content (AvgIpc) is 2.58. The van der Waals surface area contributed by atoms with E-state index in [0.29, 0.717) is 0 Å². The summed E-state index contributed by atoms with van der Waals surface area (Å²) < 4.78 is 9.87. The lowest BCUT2D eigenvalue weighted by Gasteiger charge is -2.26. The first kappa shape index (κ1) is 20.9. The normalized spacial score (nSPS) is 13.2. The molecule has 0 radical (unpaired) electrons. The number of aliphatic hydroxyl groups excluding tert-OH is 1. The van der Waals surface area contributed by atoms with Crippen LogP contribution in [0.3, 0.4) is 0 Å². The highest BCUT2D eigenvalue weighted by Gasteiger charge is 2.27. The van der Waals surface area contributed by atoms with Gasteiger partial charge in [-0.2, -0.15) is 0 Å². The van der Waals surface area contributed by atoms with E-state index in [1.54, 1.807) is 13.0 Å². The van der Waals surface area contributed by atoms with E-state index >= 15 is 0 Å². The predicted molar refractivity (Wildman–Crippen MR) is 96.0 cm³/mol. The number of hydrogen-bond donors (Lipinski definition) is 1. The van der Waals surface area contributed by atoms with E-state index in [0.717, 1.165) is 6.42 Å². The van der Waals surface area contributed by atoms with E-state index < -0.39 is 17.4 Å². The summed E-state index contributed by atoms with van der Waals surface area (Å²) in [7, 11) is 0. The summed E-state index contributed by atoms with van der Waals surface area (Å²) in [5, 5.41) is 8.80. The SMILES string of the molecule is CCOC(=O)/C(=C/C(C)(C)CC(C)c1ccccc1)C(=O)OCCO. The average molecular weight is 348 g/mol. The Bertz CT molecular complexity index is 589. The molecule has 1 atom stereocenters. The van der Waals surface area contributed by atoms with Crippen LogP contribution >= 0.6 is 0 Å². The molecule has 0 aromatic heterocycles.